The van der Waals surface area contributed by atoms with Crippen molar-refractivity contribution in [1.29, 1.82) is 0 Å². The number of benzene rings is 4. The lowest BCUT2D eigenvalue weighted by molar-refractivity contribution is -0.140. The number of amides is 2. The minimum atomic E-state index is -4.27. The number of sulfonamides is 1. The van der Waals surface area contributed by atoms with Crippen LogP contribution in [-0.4, -0.2) is 44.3 Å². The molecule has 1 N–H and O–H groups in total. The molecule has 7 nitrogen and oxygen atoms in total. The van der Waals surface area contributed by atoms with Gasteiger partial charge in [-0.3, -0.25) is 13.9 Å². The highest BCUT2D eigenvalue weighted by molar-refractivity contribution is 9.10. The van der Waals surface area contributed by atoms with E-state index in [1.165, 1.54) is 35.2 Å². The number of hydrogen-bond donors (Lipinski definition) is 1. The van der Waals surface area contributed by atoms with Crippen molar-refractivity contribution in [1.82, 2.24) is 10.2 Å². The van der Waals surface area contributed by atoms with Crippen LogP contribution in [0.15, 0.2) is 106 Å². The second-order valence-corrected chi connectivity index (χ2v) is 14.6. The number of nitrogens with zero attached hydrogens (tertiary/aromatic N) is 2. The van der Waals surface area contributed by atoms with E-state index < -0.39 is 28.5 Å². The number of hydrogen-bond acceptors (Lipinski definition) is 4. The maximum Gasteiger partial charge on any atom is 0.264 e. The molecule has 0 aliphatic heterocycles. The van der Waals surface area contributed by atoms with Gasteiger partial charge in [0.1, 0.15) is 12.6 Å². The van der Waals surface area contributed by atoms with E-state index in [1.807, 2.05) is 68.4 Å². The fraction of sp³-hybridized carbons (Fsp3) is 0.257. The first kappa shape index (κ1) is 35.5. The van der Waals surface area contributed by atoms with Crippen molar-refractivity contribution in [3.05, 3.63) is 128 Å². The number of carbonyl (C=O) groups excluding carboxylic acids is 2. The molecule has 2 amide bonds. The van der Waals surface area contributed by atoms with Crippen molar-refractivity contribution in [3.8, 4) is 0 Å². The van der Waals surface area contributed by atoms with Gasteiger partial charge in [0.25, 0.3) is 10.0 Å². The Morgan fingerprint density at radius 3 is 2.15 bits per heavy atom. The lowest BCUT2D eigenvalue weighted by Crippen LogP contribution is -2.53. The first-order valence-corrected chi connectivity index (χ1v) is 17.9. The quantitative estimate of drug-likeness (QED) is 0.134. The summed E-state index contributed by atoms with van der Waals surface area (Å²) in [5.41, 5.74) is 2.63. The average molecular weight is 746 g/mol. The van der Waals surface area contributed by atoms with Crippen molar-refractivity contribution in [2.75, 3.05) is 17.4 Å². The van der Waals surface area contributed by atoms with Crippen LogP contribution in [0.2, 0.25) is 10.0 Å². The number of nitrogens with one attached hydrogen (secondary N) is 1. The van der Waals surface area contributed by atoms with Gasteiger partial charge in [-0.1, -0.05) is 113 Å². The molecule has 0 saturated carbocycles. The molecule has 0 aromatic heterocycles. The zero-order valence-corrected chi connectivity index (χ0v) is 29.5. The van der Waals surface area contributed by atoms with Gasteiger partial charge >= 0.3 is 0 Å². The summed E-state index contributed by atoms with van der Waals surface area (Å²) in [6.45, 7) is 3.79. The maximum atomic E-state index is 14.5. The molecular weight excluding hydrogens is 709 g/mol. The first-order valence-electron chi connectivity index (χ1n) is 14.9. The van der Waals surface area contributed by atoms with E-state index in [2.05, 4.69) is 21.2 Å². The van der Waals surface area contributed by atoms with Crippen LogP contribution in [-0.2, 0) is 32.6 Å². The summed E-state index contributed by atoms with van der Waals surface area (Å²) in [5.74, 6) is -0.891. The third-order valence-corrected chi connectivity index (χ3v) is 10.1. The summed E-state index contributed by atoms with van der Waals surface area (Å²) in [7, 11) is -4.27. The summed E-state index contributed by atoms with van der Waals surface area (Å²) in [4.78, 5) is 29.8. The van der Waals surface area contributed by atoms with Crippen LogP contribution in [0.25, 0.3) is 0 Å². The Morgan fingerprint density at radius 1 is 0.870 bits per heavy atom. The van der Waals surface area contributed by atoms with E-state index >= 15 is 0 Å². The molecule has 0 unspecified atom stereocenters. The minimum Gasteiger partial charge on any atom is -0.354 e. The number of unbranched alkanes of at least 4 members (excludes halogenated alkanes) is 1. The van der Waals surface area contributed by atoms with E-state index in [-0.39, 0.29) is 39.5 Å². The molecule has 11 heteroatoms. The van der Waals surface area contributed by atoms with E-state index in [0.29, 0.717) is 6.54 Å². The van der Waals surface area contributed by atoms with Crippen molar-refractivity contribution in [2.24, 2.45) is 0 Å². The van der Waals surface area contributed by atoms with Gasteiger partial charge in [0.2, 0.25) is 11.8 Å². The monoisotopic (exact) mass is 743 g/mol. The Labute approximate surface area is 289 Å². The van der Waals surface area contributed by atoms with Crippen molar-refractivity contribution >= 4 is 66.7 Å². The molecule has 1 atom stereocenters. The third kappa shape index (κ3) is 9.58. The highest BCUT2D eigenvalue weighted by atomic mass is 79.9. The first-order chi connectivity index (χ1) is 22.0. The second kappa shape index (κ2) is 16.5. The number of anilines is 1. The Bertz CT molecular complexity index is 1740. The zero-order chi connectivity index (χ0) is 33.3. The van der Waals surface area contributed by atoms with Crippen molar-refractivity contribution in [3.63, 3.8) is 0 Å². The van der Waals surface area contributed by atoms with Gasteiger partial charge in [-0.05, 0) is 66.9 Å². The smallest absolute Gasteiger partial charge is 0.264 e. The summed E-state index contributed by atoms with van der Waals surface area (Å²) < 4.78 is 30.2. The van der Waals surface area contributed by atoms with Crippen LogP contribution in [0.1, 0.15) is 36.5 Å². The molecule has 242 valence electrons. The summed E-state index contributed by atoms with van der Waals surface area (Å²) in [5, 5.41) is 3.41. The van der Waals surface area contributed by atoms with Crippen LogP contribution in [0.5, 0.6) is 0 Å². The van der Waals surface area contributed by atoms with E-state index in [4.69, 9.17) is 23.2 Å². The SMILES string of the molecule is CCCCNC(=O)[C@H](Cc1ccccc1)N(Cc1cccc(Br)c1)C(=O)CN(c1cc(Cl)cc(Cl)c1)S(=O)(=O)c1ccc(C)cc1. The van der Waals surface area contributed by atoms with Gasteiger partial charge in [0, 0.05) is 34.0 Å². The van der Waals surface area contributed by atoms with Crippen molar-refractivity contribution in [2.45, 2.75) is 50.6 Å². The number of aryl methyl sites for hydroxylation is 1. The third-order valence-electron chi connectivity index (χ3n) is 7.37. The predicted octanol–water partition coefficient (Wildman–Crippen LogP) is 7.82. The summed E-state index contributed by atoms with van der Waals surface area (Å²) in [6.07, 6.45) is 1.89. The Morgan fingerprint density at radius 2 is 1.52 bits per heavy atom. The maximum absolute atomic E-state index is 14.5. The molecule has 0 aliphatic carbocycles. The normalized spacial score (nSPS) is 11.9. The highest BCUT2D eigenvalue weighted by Gasteiger charge is 2.34. The number of rotatable bonds is 14. The molecule has 0 aliphatic rings. The van der Waals surface area contributed by atoms with Gasteiger partial charge in [0.05, 0.1) is 10.6 Å². The Balaban J connectivity index is 1.81. The van der Waals surface area contributed by atoms with Gasteiger partial charge in [-0.15, -0.1) is 0 Å². The molecule has 4 aromatic carbocycles. The lowest BCUT2D eigenvalue weighted by Gasteiger charge is -2.34. The fourth-order valence-corrected chi connectivity index (χ4v) is 7.30. The molecule has 0 heterocycles. The van der Waals surface area contributed by atoms with Crippen LogP contribution in [0.4, 0.5) is 5.69 Å². The molecule has 0 radical (unpaired) electrons. The van der Waals surface area contributed by atoms with Crippen LogP contribution in [0.3, 0.4) is 0 Å². The molecule has 4 aromatic rings. The van der Waals surface area contributed by atoms with Crippen LogP contribution < -0.4 is 9.62 Å². The molecule has 0 fully saturated rings. The second-order valence-electron chi connectivity index (χ2n) is 11.0. The number of halogens is 3. The van der Waals surface area contributed by atoms with E-state index in [1.54, 1.807) is 12.1 Å². The van der Waals surface area contributed by atoms with Crippen LogP contribution >= 0.6 is 39.1 Å². The van der Waals surface area contributed by atoms with Gasteiger partial charge in [0.15, 0.2) is 0 Å². The van der Waals surface area contributed by atoms with Gasteiger partial charge in [-0.25, -0.2) is 8.42 Å². The van der Waals surface area contributed by atoms with Crippen LogP contribution in [0, 0.1) is 6.92 Å². The standard InChI is InChI=1S/C35H36BrCl2N3O4S/c1-3-4-17-39-35(43)33(19-26-9-6-5-7-10-26)40(23-27-11-8-12-28(36)18-27)34(42)24-41(31-21-29(37)20-30(38)22-31)46(44,45)32-15-13-25(2)14-16-32/h5-16,18,20-22,33H,3-4,17,19,23-24H2,1-2H3,(H,39,43)/t33-/m0/s1. The lowest BCUT2D eigenvalue weighted by atomic mass is 10.0. The molecule has 0 spiro atoms. The Kier molecular flexibility index (Phi) is 12.7. The molecule has 0 bridgehead atoms. The molecule has 0 saturated heterocycles. The highest BCUT2D eigenvalue weighted by Crippen LogP contribution is 2.30. The zero-order valence-electron chi connectivity index (χ0n) is 25.6. The molecule has 46 heavy (non-hydrogen) atoms. The minimum absolute atomic E-state index is 0.00122. The van der Waals surface area contributed by atoms with E-state index in [0.717, 1.165) is 38.3 Å². The van der Waals surface area contributed by atoms with Crippen molar-refractivity contribution < 1.29 is 18.0 Å². The average Bonchev–Trinajstić information content (AvgIpc) is 3.01. The van der Waals surface area contributed by atoms with E-state index in [9.17, 15) is 18.0 Å². The summed E-state index contributed by atoms with van der Waals surface area (Å²) in [6, 6.07) is 26.7. The molecule has 4 rings (SSSR count). The topological polar surface area (TPSA) is 86.8 Å². The Hall–Kier alpha value is -3.37. The van der Waals surface area contributed by atoms with Gasteiger partial charge in [-0.2, -0.15) is 0 Å². The van der Waals surface area contributed by atoms with Gasteiger partial charge < -0.3 is 10.2 Å². The summed E-state index contributed by atoms with van der Waals surface area (Å²) >= 11 is 16.1. The molecular formula is C35H36BrCl2N3O4S. The fourth-order valence-electron chi connectivity index (χ4n) is 4.94. The predicted molar refractivity (Wildman–Crippen MR) is 189 cm³/mol. The largest absolute Gasteiger partial charge is 0.354 e. The number of carbonyl (C=O) groups is 2.